The Morgan fingerprint density at radius 1 is 0.794 bits per heavy atom. The van der Waals surface area contributed by atoms with Gasteiger partial charge in [-0.3, -0.25) is 0 Å². The molecule has 2 saturated carbocycles. The van der Waals surface area contributed by atoms with Crippen LogP contribution in [0.3, 0.4) is 0 Å². The van der Waals surface area contributed by atoms with Gasteiger partial charge in [0.15, 0.2) is 0 Å². The maximum absolute atomic E-state index is 12.2. The number of carbonyl (C=O) groups is 2. The molecule has 0 amide bonds. The largest absolute Gasteiger partial charge is 0.462 e. The molecule has 4 radical (unpaired) electrons. The summed E-state index contributed by atoms with van der Waals surface area (Å²) >= 11 is 0. The van der Waals surface area contributed by atoms with Gasteiger partial charge in [-0.2, -0.15) is 0 Å². The molecule has 6 atom stereocenters. The van der Waals surface area contributed by atoms with E-state index in [1.165, 1.54) is 0 Å². The van der Waals surface area contributed by atoms with Crippen molar-refractivity contribution in [2.75, 3.05) is 13.2 Å². The molecule has 8 heteroatoms. The Bertz CT molecular complexity index is 910. The first-order chi connectivity index (χ1) is 16.4. The monoisotopic (exact) mass is 460 g/mol. The minimum atomic E-state index is -0.380. The normalized spacial score (nSPS) is 27.9. The van der Waals surface area contributed by atoms with Crippen molar-refractivity contribution >= 4 is 27.6 Å². The predicted molar refractivity (Wildman–Crippen MR) is 130 cm³/mol. The van der Waals surface area contributed by atoms with E-state index in [2.05, 4.69) is 0 Å². The Morgan fingerprint density at radius 3 is 1.82 bits per heavy atom. The van der Waals surface area contributed by atoms with Gasteiger partial charge in [-0.25, -0.2) is 9.59 Å². The molecule has 0 saturated heterocycles. The van der Waals surface area contributed by atoms with E-state index in [1.54, 1.807) is 48.5 Å². The molecule has 2 aromatic carbocycles. The smallest absolute Gasteiger partial charge is 0.338 e. The molecule has 2 aromatic rings. The zero-order valence-electron chi connectivity index (χ0n) is 19.2. The van der Waals surface area contributed by atoms with E-state index in [1.807, 2.05) is 12.1 Å². The van der Waals surface area contributed by atoms with Gasteiger partial charge >= 0.3 is 11.9 Å². The van der Waals surface area contributed by atoms with Crippen molar-refractivity contribution in [2.45, 2.75) is 49.5 Å². The van der Waals surface area contributed by atoms with Crippen LogP contribution in [0.5, 0.6) is 0 Å². The second-order valence-corrected chi connectivity index (χ2v) is 9.01. The second kappa shape index (κ2) is 12.8. The van der Waals surface area contributed by atoms with Gasteiger partial charge < -0.3 is 19.7 Å². The molecule has 34 heavy (non-hydrogen) atoms. The third-order valence-corrected chi connectivity index (χ3v) is 6.30. The van der Waals surface area contributed by atoms with E-state index in [4.69, 9.17) is 35.4 Å². The average molecular weight is 460 g/mol. The summed E-state index contributed by atoms with van der Waals surface area (Å²) in [5.41, 5.74) is 1.01. The molecule has 0 spiro atoms. The molecule has 6 nitrogen and oxygen atoms in total. The highest BCUT2D eigenvalue weighted by molar-refractivity contribution is 6.12. The lowest BCUT2D eigenvalue weighted by Crippen LogP contribution is -2.26. The summed E-state index contributed by atoms with van der Waals surface area (Å²) in [7, 11) is 11.5. The minimum Gasteiger partial charge on any atom is -0.462 e. The Hall–Kier alpha value is -2.57. The summed E-state index contributed by atoms with van der Waals surface area (Å²) in [5, 5.41) is 17.8. The van der Waals surface area contributed by atoms with Crippen LogP contribution < -0.4 is 0 Å². The van der Waals surface area contributed by atoms with Crippen molar-refractivity contribution in [2.24, 2.45) is 11.8 Å². The first-order valence-corrected chi connectivity index (χ1v) is 11.7. The number of carbonyl (C=O) groups excluding carboxylic acids is 2. The maximum atomic E-state index is 12.2. The topological polar surface area (TPSA) is 93.1 Å². The standard InChI is InChI=1S/C20H19BO4.C6H11BO2/c21-17-11-16(13-24-19(22)14-7-3-1-4-8-14)18(12-17)25-20(23)15-9-5-2-6-10-15;7-5-1-4(3-8)6(9)2-5/h1-10,16-18H,11-13H2;4-6,8-9H,1-3H2. The van der Waals surface area contributed by atoms with E-state index in [0.29, 0.717) is 30.4 Å². The van der Waals surface area contributed by atoms with E-state index in [0.717, 1.165) is 6.42 Å². The average Bonchev–Trinajstić information content (AvgIpc) is 3.38. The summed E-state index contributed by atoms with van der Waals surface area (Å²) in [6.45, 7) is 0.253. The van der Waals surface area contributed by atoms with Crippen LogP contribution in [-0.4, -0.2) is 63.3 Å². The number of hydrogen-bond acceptors (Lipinski definition) is 6. The summed E-state index contributed by atoms with van der Waals surface area (Å²) < 4.78 is 11.0. The minimum absolute atomic E-state index is 0.0278. The predicted octanol–water partition coefficient (Wildman–Crippen LogP) is 3.14. The molecular formula is C26H30B2O6. The van der Waals surface area contributed by atoms with E-state index < -0.39 is 0 Å². The summed E-state index contributed by atoms with van der Waals surface area (Å²) in [6, 6.07) is 17.7. The Balaban J connectivity index is 0.000000302. The fraction of sp³-hybridized carbons (Fsp3) is 0.462. The van der Waals surface area contributed by atoms with Crippen molar-refractivity contribution in [1.82, 2.24) is 0 Å². The highest BCUT2D eigenvalue weighted by Gasteiger charge is 2.35. The Labute approximate surface area is 203 Å². The third kappa shape index (κ3) is 7.47. The fourth-order valence-corrected chi connectivity index (χ4v) is 4.41. The molecule has 2 aliphatic rings. The molecule has 2 fully saturated rings. The van der Waals surface area contributed by atoms with Crippen LogP contribution >= 0.6 is 0 Å². The number of benzene rings is 2. The van der Waals surface area contributed by atoms with Crippen molar-refractivity contribution in [3.63, 3.8) is 0 Å². The lowest BCUT2D eigenvalue weighted by Gasteiger charge is -2.20. The highest BCUT2D eigenvalue weighted by atomic mass is 16.6. The Kier molecular flexibility index (Phi) is 9.78. The first-order valence-electron chi connectivity index (χ1n) is 11.7. The molecule has 2 N–H and O–H groups in total. The SMILES string of the molecule is [B]C1CC(COC(=O)c2ccccc2)C(OC(=O)c2ccccc2)C1.[B]C1CC(O)C(CO)C1. The van der Waals surface area contributed by atoms with E-state index in [-0.39, 0.29) is 60.8 Å². The zero-order valence-corrected chi connectivity index (χ0v) is 19.2. The highest BCUT2D eigenvalue weighted by Crippen LogP contribution is 2.36. The van der Waals surface area contributed by atoms with Crippen LogP contribution in [0.2, 0.25) is 11.6 Å². The summed E-state index contributed by atoms with van der Waals surface area (Å²) in [6.07, 6.45) is 1.93. The number of aliphatic hydroxyl groups excluding tert-OH is 2. The molecule has 176 valence electrons. The van der Waals surface area contributed by atoms with Crippen molar-refractivity contribution in [3.05, 3.63) is 71.8 Å². The van der Waals surface area contributed by atoms with Gasteiger partial charge in [0, 0.05) is 18.4 Å². The second-order valence-electron chi connectivity index (χ2n) is 9.01. The molecule has 0 bridgehead atoms. The summed E-state index contributed by atoms with van der Waals surface area (Å²) in [5.74, 6) is -0.783. The number of aliphatic hydroxyl groups is 2. The molecule has 6 unspecified atom stereocenters. The van der Waals surface area contributed by atoms with Gasteiger partial charge in [-0.1, -0.05) is 54.5 Å². The van der Waals surface area contributed by atoms with E-state index >= 15 is 0 Å². The number of esters is 2. The maximum Gasteiger partial charge on any atom is 0.338 e. The summed E-state index contributed by atoms with van der Waals surface area (Å²) in [4.78, 5) is 24.3. The van der Waals surface area contributed by atoms with Crippen LogP contribution in [0.15, 0.2) is 60.7 Å². The van der Waals surface area contributed by atoms with Gasteiger partial charge in [0.1, 0.15) is 6.10 Å². The quantitative estimate of drug-likeness (QED) is 0.509. The fourth-order valence-electron chi connectivity index (χ4n) is 4.41. The van der Waals surface area contributed by atoms with Crippen LogP contribution in [0.4, 0.5) is 0 Å². The zero-order chi connectivity index (χ0) is 24.5. The van der Waals surface area contributed by atoms with Gasteiger partial charge in [0.2, 0.25) is 0 Å². The molecule has 0 heterocycles. The lowest BCUT2D eigenvalue weighted by molar-refractivity contribution is 0.00488. The number of rotatable bonds is 6. The van der Waals surface area contributed by atoms with Gasteiger partial charge in [0.25, 0.3) is 0 Å². The van der Waals surface area contributed by atoms with Gasteiger partial charge in [-0.15, -0.1) is 0 Å². The molecule has 0 aliphatic heterocycles. The van der Waals surface area contributed by atoms with Crippen LogP contribution in [0, 0.1) is 11.8 Å². The molecule has 4 rings (SSSR count). The number of ether oxygens (including phenoxy) is 2. The third-order valence-electron chi connectivity index (χ3n) is 6.30. The van der Waals surface area contributed by atoms with Crippen molar-refractivity contribution < 1.29 is 29.3 Å². The molecule has 0 aromatic heterocycles. The number of hydrogen-bond donors (Lipinski definition) is 2. The Morgan fingerprint density at radius 2 is 1.32 bits per heavy atom. The molecular weight excluding hydrogens is 430 g/mol. The van der Waals surface area contributed by atoms with Crippen LogP contribution in [0.1, 0.15) is 46.4 Å². The van der Waals surface area contributed by atoms with E-state index in [9.17, 15) is 9.59 Å². The van der Waals surface area contributed by atoms with Gasteiger partial charge in [-0.05, 0) is 43.5 Å². The van der Waals surface area contributed by atoms with Crippen molar-refractivity contribution in [1.29, 1.82) is 0 Å². The van der Waals surface area contributed by atoms with Crippen LogP contribution in [0.25, 0.3) is 0 Å². The molecule has 2 aliphatic carbocycles. The first kappa shape index (κ1) is 26.0. The van der Waals surface area contributed by atoms with Crippen molar-refractivity contribution in [3.8, 4) is 0 Å². The van der Waals surface area contributed by atoms with Crippen LogP contribution in [-0.2, 0) is 9.47 Å². The lowest BCUT2D eigenvalue weighted by atomic mass is 9.85. The van der Waals surface area contributed by atoms with Gasteiger partial charge in [0.05, 0.1) is 39.5 Å².